The molecule has 0 saturated heterocycles. The molecule has 0 atom stereocenters. The number of rotatable bonds is 6. The van der Waals surface area contributed by atoms with Crippen LogP contribution in [0.25, 0.3) is 0 Å². The van der Waals surface area contributed by atoms with E-state index in [1.165, 1.54) is 12.7 Å². The smallest absolute Gasteiger partial charge is 0.337 e. The number of nitrogens with one attached hydrogen (secondary N) is 1. The SMILES string of the molecule is COC(=O)c1ccc(NC(=O)CCCc2ccccc2)c(C)c1. The molecule has 1 amide bonds. The van der Waals surface area contributed by atoms with E-state index in [2.05, 4.69) is 22.2 Å². The van der Waals surface area contributed by atoms with Crippen LogP contribution in [0.4, 0.5) is 5.69 Å². The van der Waals surface area contributed by atoms with Gasteiger partial charge in [-0.1, -0.05) is 30.3 Å². The fourth-order valence-corrected chi connectivity index (χ4v) is 2.36. The van der Waals surface area contributed by atoms with Crippen LogP contribution in [0.5, 0.6) is 0 Å². The maximum Gasteiger partial charge on any atom is 0.337 e. The van der Waals surface area contributed by atoms with E-state index in [1.807, 2.05) is 25.1 Å². The molecular weight excluding hydrogens is 290 g/mol. The fraction of sp³-hybridized carbons (Fsp3) is 0.263. The van der Waals surface area contributed by atoms with Crippen LogP contribution >= 0.6 is 0 Å². The van der Waals surface area contributed by atoms with Gasteiger partial charge in [-0.25, -0.2) is 4.79 Å². The molecule has 0 spiro atoms. The monoisotopic (exact) mass is 311 g/mol. The molecule has 0 saturated carbocycles. The van der Waals surface area contributed by atoms with Gasteiger partial charge in [-0.3, -0.25) is 4.79 Å². The predicted octanol–water partition coefficient (Wildman–Crippen LogP) is 3.74. The van der Waals surface area contributed by atoms with Gasteiger partial charge in [0.15, 0.2) is 0 Å². The Morgan fingerprint density at radius 3 is 2.48 bits per heavy atom. The summed E-state index contributed by atoms with van der Waals surface area (Å²) in [6.07, 6.45) is 2.15. The van der Waals surface area contributed by atoms with Crippen LogP contribution < -0.4 is 5.32 Å². The number of benzene rings is 2. The van der Waals surface area contributed by atoms with Crippen molar-refractivity contribution in [3.63, 3.8) is 0 Å². The predicted molar refractivity (Wildman–Crippen MR) is 90.5 cm³/mol. The number of ether oxygens (including phenoxy) is 1. The minimum Gasteiger partial charge on any atom is -0.465 e. The lowest BCUT2D eigenvalue weighted by atomic mass is 10.1. The lowest BCUT2D eigenvalue weighted by molar-refractivity contribution is -0.116. The summed E-state index contributed by atoms with van der Waals surface area (Å²) in [4.78, 5) is 23.5. The largest absolute Gasteiger partial charge is 0.465 e. The van der Waals surface area contributed by atoms with Gasteiger partial charge < -0.3 is 10.1 Å². The second-order valence-electron chi connectivity index (χ2n) is 5.41. The van der Waals surface area contributed by atoms with Crippen LogP contribution in [0.2, 0.25) is 0 Å². The van der Waals surface area contributed by atoms with Crippen LogP contribution in [0.15, 0.2) is 48.5 Å². The summed E-state index contributed by atoms with van der Waals surface area (Å²) in [7, 11) is 1.35. The molecule has 1 N–H and O–H groups in total. The Bertz CT molecular complexity index is 680. The molecule has 120 valence electrons. The first-order valence-electron chi connectivity index (χ1n) is 7.63. The summed E-state index contributed by atoms with van der Waals surface area (Å²) in [5.41, 5.74) is 3.28. The summed E-state index contributed by atoms with van der Waals surface area (Å²) in [5.74, 6) is -0.399. The zero-order valence-electron chi connectivity index (χ0n) is 13.5. The van der Waals surface area contributed by atoms with Crippen LogP contribution in [0.3, 0.4) is 0 Å². The Morgan fingerprint density at radius 2 is 1.83 bits per heavy atom. The minimum absolute atomic E-state index is 0.0187. The molecule has 0 fully saturated rings. The molecule has 0 aliphatic heterocycles. The molecule has 4 heteroatoms. The third kappa shape index (κ3) is 4.95. The number of esters is 1. The van der Waals surface area contributed by atoms with E-state index in [-0.39, 0.29) is 11.9 Å². The number of hydrogen-bond donors (Lipinski definition) is 1. The van der Waals surface area contributed by atoms with Crippen molar-refractivity contribution in [3.8, 4) is 0 Å². The topological polar surface area (TPSA) is 55.4 Å². The van der Waals surface area contributed by atoms with E-state index in [0.29, 0.717) is 12.0 Å². The van der Waals surface area contributed by atoms with Crippen molar-refractivity contribution in [2.24, 2.45) is 0 Å². The van der Waals surface area contributed by atoms with Gasteiger partial charge in [0.25, 0.3) is 0 Å². The highest BCUT2D eigenvalue weighted by atomic mass is 16.5. The number of carbonyl (C=O) groups excluding carboxylic acids is 2. The van der Waals surface area contributed by atoms with Gasteiger partial charge in [0.2, 0.25) is 5.91 Å². The third-order valence-electron chi connectivity index (χ3n) is 3.63. The van der Waals surface area contributed by atoms with E-state index in [4.69, 9.17) is 0 Å². The number of carbonyl (C=O) groups is 2. The number of hydrogen-bond acceptors (Lipinski definition) is 3. The number of aryl methyl sites for hydroxylation is 2. The number of methoxy groups -OCH3 is 1. The zero-order chi connectivity index (χ0) is 16.7. The van der Waals surface area contributed by atoms with Gasteiger partial charge in [0.05, 0.1) is 12.7 Å². The molecular formula is C19H21NO3. The van der Waals surface area contributed by atoms with Gasteiger partial charge in [0.1, 0.15) is 0 Å². The van der Waals surface area contributed by atoms with E-state index in [9.17, 15) is 9.59 Å². The Morgan fingerprint density at radius 1 is 1.09 bits per heavy atom. The Labute approximate surface area is 136 Å². The molecule has 0 bridgehead atoms. The highest BCUT2D eigenvalue weighted by Crippen LogP contribution is 2.17. The second-order valence-corrected chi connectivity index (χ2v) is 5.41. The lowest BCUT2D eigenvalue weighted by Crippen LogP contribution is -2.13. The minimum atomic E-state index is -0.381. The maximum atomic E-state index is 12.0. The Hall–Kier alpha value is -2.62. The maximum absolute atomic E-state index is 12.0. The summed E-state index contributed by atoms with van der Waals surface area (Å²) < 4.78 is 4.68. The van der Waals surface area contributed by atoms with Gasteiger partial charge >= 0.3 is 5.97 Å². The molecule has 0 unspecified atom stereocenters. The van der Waals surface area contributed by atoms with E-state index in [0.717, 1.165) is 24.1 Å². The van der Waals surface area contributed by atoms with Crippen molar-refractivity contribution >= 4 is 17.6 Å². The molecule has 23 heavy (non-hydrogen) atoms. The quantitative estimate of drug-likeness (QED) is 0.827. The average molecular weight is 311 g/mol. The molecule has 0 radical (unpaired) electrons. The number of amides is 1. The van der Waals surface area contributed by atoms with Crippen LogP contribution in [-0.4, -0.2) is 19.0 Å². The molecule has 0 heterocycles. The van der Waals surface area contributed by atoms with Crippen LogP contribution in [-0.2, 0) is 16.0 Å². The summed E-state index contributed by atoms with van der Waals surface area (Å²) >= 11 is 0. The van der Waals surface area contributed by atoms with Crippen molar-refractivity contribution in [1.29, 1.82) is 0 Å². The van der Waals surface area contributed by atoms with Gasteiger partial charge in [-0.15, -0.1) is 0 Å². The normalized spacial score (nSPS) is 10.2. The molecule has 2 aromatic carbocycles. The first kappa shape index (κ1) is 16.7. The molecule has 0 aliphatic rings. The second kappa shape index (κ2) is 8.13. The average Bonchev–Trinajstić information content (AvgIpc) is 2.57. The highest BCUT2D eigenvalue weighted by molar-refractivity contribution is 5.94. The van der Waals surface area contributed by atoms with Crippen molar-refractivity contribution < 1.29 is 14.3 Å². The summed E-state index contributed by atoms with van der Waals surface area (Å²) in [5, 5.41) is 2.89. The van der Waals surface area contributed by atoms with Crippen LogP contribution in [0, 0.1) is 6.92 Å². The van der Waals surface area contributed by atoms with Gasteiger partial charge in [0, 0.05) is 12.1 Å². The van der Waals surface area contributed by atoms with E-state index >= 15 is 0 Å². The fourth-order valence-electron chi connectivity index (χ4n) is 2.36. The molecule has 2 aromatic rings. The van der Waals surface area contributed by atoms with Crippen LogP contribution in [0.1, 0.15) is 34.3 Å². The third-order valence-corrected chi connectivity index (χ3v) is 3.63. The molecule has 0 aromatic heterocycles. The van der Waals surface area contributed by atoms with Crippen molar-refractivity contribution in [3.05, 3.63) is 65.2 Å². The first-order chi connectivity index (χ1) is 11.1. The molecule has 2 rings (SSSR count). The standard InChI is InChI=1S/C19H21NO3/c1-14-13-16(19(22)23-2)11-12-17(14)20-18(21)10-6-9-15-7-4-3-5-8-15/h3-5,7-8,11-13H,6,9-10H2,1-2H3,(H,20,21). The highest BCUT2D eigenvalue weighted by Gasteiger charge is 2.09. The van der Waals surface area contributed by atoms with E-state index in [1.54, 1.807) is 18.2 Å². The molecule has 4 nitrogen and oxygen atoms in total. The molecule has 0 aliphatic carbocycles. The Kier molecular flexibility index (Phi) is 5.92. The van der Waals surface area contributed by atoms with Crippen molar-refractivity contribution in [1.82, 2.24) is 0 Å². The van der Waals surface area contributed by atoms with Gasteiger partial charge in [-0.05, 0) is 49.1 Å². The van der Waals surface area contributed by atoms with Crippen molar-refractivity contribution in [2.75, 3.05) is 12.4 Å². The zero-order valence-corrected chi connectivity index (χ0v) is 13.5. The van der Waals surface area contributed by atoms with Gasteiger partial charge in [-0.2, -0.15) is 0 Å². The lowest BCUT2D eigenvalue weighted by Gasteiger charge is -2.10. The summed E-state index contributed by atoms with van der Waals surface area (Å²) in [6, 6.07) is 15.2. The van der Waals surface area contributed by atoms with E-state index < -0.39 is 0 Å². The Balaban J connectivity index is 1.86. The first-order valence-corrected chi connectivity index (χ1v) is 7.63. The number of anilines is 1. The summed E-state index contributed by atoms with van der Waals surface area (Å²) in [6.45, 7) is 1.85. The van der Waals surface area contributed by atoms with Crippen molar-refractivity contribution in [2.45, 2.75) is 26.2 Å².